The van der Waals surface area contributed by atoms with Crippen molar-refractivity contribution in [3.8, 4) is 0 Å². The monoisotopic (exact) mass is 270 g/mol. The maximum Gasteiger partial charge on any atom is 0.139 e. The fourth-order valence-electron chi connectivity index (χ4n) is 2.24. The first-order chi connectivity index (χ1) is 9.52. The highest BCUT2D eigenvalue weighted by Crippen LogP contribution is 2.31. The molecule has 1 aromatic heterocycles. The summed E-state index contributed by atoms with van der Waals surface area (Å²) in [6, 6.07) is 6.37. The van der Waals surface area contributed by atoms with Crippen LogP contribution < -0.4 is 10.6 Å². The molecule has 0 bridgehead atoms. The van der Waals surface area contributed by atoms with Crippen LogP contribution in [0, 0.1) is 13.8 Å². The van der Waals surface area contributed by atoms with Crippen LogP contribution in [0.25, 0.3) is 0 Å². The van der Waals surface area contributed by atoms with Gasteiger partial charge in [-0.25, -0.2) is 9.97 Å². The first kappa shape index (κ1) is 14.3. The van der Waals surface area contributed by atoms with Crippen molar-refractivity contribution in [1.82, 2.24) is 9.97 Å². The Hall–Kier alpha value is -2.10. The molecule has 0 unspecified atom stereocenters. The van der Waals surface area contributed by atoms with Crippen LogP contribution in [-0.4, -0.2) is 17.0 Å². The maximum atomic E-state index is 4.41. The smallest absolute Gasteiger partial charge is 0.139 e. The van der Waals surface area contributed by atoms with Gasteiger partial charge in [-0.15, -0.1) is 0 Å². The van der Waals surface area contributed by atoms with E-state index in [-0.39, 0.29) is 0 Å². The van der Waals surface area contributed by atoms with E-state index in [0.29, 0.717) is 5.92 Å². The molecular formula is C16H22N4. The molecule has 2 rings (SSSR count). The minimum atomic E-state index is 0.339. The van der Waals surface area contributed by atoms with Crippen LogP contribution in [0.2, 0.25) is 0 Å². The third-order valence-corrected chi connectivity index (χ3v) is 3.34. The summed E-state index contributed by atoms with van der Waals surface area (Å²) >= 11 is 0. The standard InChI is InChI=1S/C16H22N4/c1-10(2)14-15(17-5)18-9-19-16(14)20-13-8-11(3)6-7-12(13)4/h6-10H,1-5H3,(H2,17,18,19,20). The molecule has 4 heteroatoms. The van der Waals surface area contributed by atoms with Crippen LogP contribution in [0.15, 0.2) is 24.5 Å². The zero-order chi connectivity index (χ0) is 14.7. The molecule has 0 amide bonds. The number of rotatable bonds is 4. The third kappa shape index (κ3) is 2.90. The Morgan fingerprint density at radius 3 is 2.40 bits per heavy atom. The van der Waals surface area contributed by atoms with Gasteiger partial charge in [0.25, 0.3) is 0 Å². The Morgan fingerprint density at radius 2 is 1.75 bits per heavy atom. The molecule has 0 aliphatic carbocycles. The Kier molecular flexibility index (Phi) is 4.23. The first-order valence-electron chi connectivity index (χ1n) is 6.90. The van der Waals surface area contributed by atoms with Crippen LogP contribution in [0.1, 0.15) is 36.5 Å². The molecule has 0 saturated carbocycles. The fourth-order valence-corrected chi connectivity index (χ4v) is 2.24. The molecular weight excluding hydrogens is 248 g/mol. The quantitative estimate of drug-likeness (QED) is 0.881. The summed E-state index contributed by atoms with van der Waals surface area (Å²) in [5.74, 6) is 2.09. The van der Waals surface area contributed by atoms with Crippen molar-refractivity contribution in [2.45, 2.75) is 33.6 Å². The van der Waals surface area contributed by atoms with Crippen molar-refractivity contribution >= 4 is 17.3 Å². The molecule has 20 heavy (non-hydrogen) atoms. The number of hydrogen-bond acceptors (Lipinski definition) is 4. The molecule has 4 nitrogen and oxygen atoms in total. The molecule has 0 spiro atoms. The van der Waals surface area contributed by atoms with Gasteiger partial charge in [0.15, 0.2) is 0 Å². The molecule has 0 saturated heterocycles. The van der Waals surface area contributed by atoms with E-state index in [2.05, 4.69) is 66.5 Å². The number of nitrogens with zero attached hydrogens (tertiary/aromatic N) is 2. The number of benzene rings is 1. The van der Waals surface area contributed by atoms with Gasteiger partial charge in [-0.2, -0.15) is 0 Å². The second kappa shape index (κ2) is 5.90. The third-order valence-electron chi connectivity index (χ3n) is 3.34. The molecule has 1 aromatic carbocycles. The van der Waals surface area contributed by atoms with E-state index in [1.807, 2.05) is 7.05 Å². The summed E-state index contributed by atoms with van der Waals surface area (Å²) in [6.45, 7) is 8.48. The molecule has 106 valence electrons. The van der Waals surface area contributed by atoms with E-state index >= 15 is 0 Å². The van der Waals surface area contributed by atoms with Crippen molar-refractivity contribution in [2.75, 3.05) is 17.7 Å². The highest BCUT2D eigenvalue weighted by atomic mass is 15.1. The lowest BCUT2D eigenvalue weighted by molar-refractivity contribution is 0.852. The van der Waals surface area contributed by atoms with Gasteiger partial charge in [-0.05, 0) is 37.0 Å². The second-order valence-corrected chi connectivity index (χ2v) is 5.33. The summed E-state index contributed by atoms with van der Waals surface area (Å²) < 4.78 is 0. The Labute approximate surface area is 120 Å². The van der Waals surface area contributed by atoms with E-state index in [1.165, 1.54) is 11.1 Å². The lowest BCUT2D eigenvalue weighted by Gasteiger charge is -2.17. The van der Waals surface area contributed by atoms with Crippen molar-refractivity contribution in [1.29, 1.82) is 0 Å². The molecule has 0 aliphatic rings. The lowest BCUT2D eigenvalue weighted by atomic mass is 10.0. The van der Waals surface area contributed by atoms with Crippen LogP contribution in [-0.2, 0) is 0 Å². The predicted octanol–water partition coefficient (Wildman–Crippen LogP) is 4.00. The van der Waals surface area contributed by atoms with Gasteiger partial charge < -0.3 is 10.6 Å². The topological polar surface area (TPSA) is 49.8 Å². The van der Waals surface area contributed by atoms with Gasteiger partial charge in [0, 0.05) is 18.3 Å². The molecule has 0 aliphatic heterocycles. The maximum absolute atomic E-state index is 4.41. The van der Waals surface area contributed by atoms with E-state index in [1.54, 1.807) is 6.33 Å². The molecule has 0 atom stereocenters. The van der Waals surface area contributed by atoms with E-state index < -0.39 is 0 Å². The average molecular weight is 270 g/mol. The number of hydrogen-bond donors (Lipinski definition) is 2. The summed E-state index contributed by atoms with van der Waals surface area (Å²) in [6.07, 6.45) is 1.59. The van der Waals surface area contributed by atoms with Crippen molar-refractivity contribution in [3.05, 3.63) is 41.2 Å². The fraction of sp³-hybridized carbons (Fsp3) is 0.375. The number of anilines is 3. The highest BCUT2D eigenvalue weighted by Gasteiger charge is 2.14. The van der Waals surface area contributed by atoms with E-state index in [4.69, 9.17) is 0 Å². The van der Waals surface area contributed by atoms with Crippen LogP contribution in [0.3, 0.4) is 0 Å². The average Bonchev–Trinajstić information content (AvgIpc) is 2.42. The van der Waals surface area contributed by atoms with Gasteiger partial charge in [0.2, 0.25) is 0 Å². The first-order valence-corrected chi connectivity index (χ1v) is 6.90. The number of aryl methyl sites for hydroxylation is 2. The number of nitrogens with one attached hydrogen (secondary N) is 2. The molecule has 2 N–H and O–H groups in total. The van der Waals surface area contributed by atoms with Gasteiger partial charge in [-0.3, -0.25) is 0 Å². The van der Waals surface area contributed by atoms with Gasteiger partial charge in [0.05, 0.1) is 0 Å². The molecule has 0 radical (unpaired) electrons. The zero-order valence-corrected chi connectivity index (χ0v) is 12.8. The summed E-state index contributed by atoms with van der Waals surface area (Å²) in [7, 11) is 1.88. The predicted molar refractivity (Wildman–Crippen MR) is 84.9 cm³/mol. The Morgan fingerprint density at radius 1 is 1.05 bits per heavy atom. The Bertz CT molecular complexity index is 605. The zero-order valence-electron chi connectivity index (χ0n) is 12.8. The van der Waals surface area contributed by atoms with Crippen molar-refractivity contribution < 1.29 is 0 Å². The highest BCUT2D eigenvalue weighted by molar-refractivity contribution is 5.68. The van der Waals surface area contributed by atoms with E-state index in [9.17, 15) is 0 Å². The van der Waals surface area contributed by atoms with Gasteiger partial charge in [0.1, 0.15) is 18.0 Å². The van der Waals surface area contributed by atoms with Crippen LogP contribution >= 0.6 is 0 Å². The van der Waals surface area contributed by atoms with Crippen molar-refractivity contribution in [3.63, 3.8) is 0 Å². The second-order valence-electron chi connectivity index (χ2n) is 5.33. The lowest BCUT2D eigenvalue weighted by Crippen LogP contribution is -2.07. The minimum Gasteiger partial charge on any atom is -0.373 e. The normalized spacial score (nSPS) is 10.7. The summed E-state index contributed by atoms with van der Waals surface area (Å²) in [5.41, 5.74) is 4.63. The Balaban J connectivity index is 2.45. The molecule has 1 heterocycles. The minimum absolute atomic E-state index is 0.339. The molecule has 2 aromatic rings. The largest absolute Gasteiger partial charge is 0.373 e. The summed E-state index contributed by atoms with van der Waals surface area (Å²) in [5, 5.41) is 6.58. The summed E-state index contributed by atoms with van der Waals surface area (Å²) in [4.78, 5) is 8.71. The van der Waals surface area contributed by atoms with Crippen LogP contribution in [0.4, 0.5) is 17.3 Å². The van der Waals surface area contributed by atoms with Gasteiger partial charge >= 0.3 is 0 Å². The molecule has 0 fully saturated rings. The van der Waals surface area contributed by atoms with Gasteiger partial charge in [-0.1, -0.05) is 26.0 Å². The number of aromatic nitrogens is 2. The van der Waals surface area contributed by atoms with Crippen molar-refractivity contribution in [2.24, 2.45) is 0 Å². The van der Waals surface area contributed by atoms with Crippen LogP contribution in [0.5, 0.6) is 0 Å². The SMILES string of the molecule is CNc1ncnc(Nc2cc(C)ccc2C)c1C(C)C. The van der Waals surface area contributed by atoms with E-state index in [0.717, 1.165) is 22.9 Å².